The lowest BCUT2D eigenvalue weighted by atomic mass is 10.1. The van der Waals surface area contributed by atoms with Crippen LogP contribution < -0.4 is 5.32 Å². The van der Waals surface area contributed by atoms with Crippen LogP contribution in [0.5, 0.6) is 0 Å². The number of hydrogen-bond donors (Lipinski definition) is 3. The Labute approximate surface area is 334 Å². The Bertz CT molecular complexity index is 743. The Hall–Kier alpha value is -1.45. The molecule has 8 heteroatoms. The van der Waals surface area contributed by atoms with Gasteiger partial charge in [-0.2, -0.15) is 0 Å². The molecule has 0 bridgehead atoms. The second-order valence-corrected chi connectivity index (χ2v) is 15.3. The van der Waals surface area contributed by atoms with Gasteiger partial charge in [0.25, 0.3) is 0 Å². The monoisotopic (exact) mass is 767 g/mol. The molecular formula is C46H90N2O6. The highest BCUT2D eigenvalue weighted by Crippen LogP contribution is 2.12. The zero-order chi connectivity index (χ0) is 39.3. The number of nitrogens with zero attached hydrogens (tertiary/aromatic N) is 1. The van der Waals surface area contributed by atoms with Gasteiger partial charge in [-0.25, -0.2) is 4.79 Å². The fraction of sp³-hybridized carbons (Fsp3) is 0.891. The van der Waals surface area contributed by atoms with Crippen LogP contribution in [0.2, 0.25) is 0 Å². The molecule has 0 aromatic carbocycles. The van der Waals surface area contributed by atoms with E-state index in [2.05, 4.69) is 43.5 Å². The number of hydrogen-bond acceptors (Lipinski definition) is 7. The molecule has 8 nitrogen and oxygen atoms in total. The minimum atomic E-state index is -0.491. The molecule has 0 heterocycles. The summed E-state index contributed by atoms with van der Waals surface area (Å²) in [5, 5.41) is 21.3. The number of amides is 1. The molecule has 0 aromatic rings. The molecule has 0 aliphatic rings. The van der Waals surface area contributed by atoms with Gasteiger partial charge in [0.2, 0.25) is 0 Å². The van der Waals surface area contributed by atoms with Crippen molar-refractivity contribution in [3.8, 4) is 0 Å². The van der Waals surface area contributed by atoms with Crippen LogP contribution >= 0.6 is 0 Å². The topological polar surface area (TPSA) is 100 Å². The summed E-state index contributed by atoms with van der Waals surface area (Å²) >= 11 is 0. The predicted molar refractivity (Wildman–Crippen MR) is 229 cm³/mol. The fourth-order valence-electron chi connectivity index (χ4n) is 6.58. The highest BCUT2D eigenvalue weighted by atomic mass is 16.6. The first-order chi connectivity index (χ1) is 26.7. The van der Waals surface area contributed by atoms with Crippen LogP contribution in [-0.4, -0.2) is 93.1 Å². The number of carbonyl (C=O) groups is 1. The van der Waals surface area contributed by atoms with E-state index in [-0.39, 0.29) is 25.9 Å². The molecule has 0 aliphatic carbocycles. The Morgan fingerprint density at radius 1 is 0.500 bits per heavy atom. The first-order valence-corrected chi connectivity index (χ1v) is 23.0. The van der Waals surface area contributed by atoms with Gasteiger partial charge in [-0.3, -0.25) is 4.90 Å². The smallest absolute Gasteiger partial charge is 0.407 e. The summed E-state index contributed by atoms with van der Waals surface area (Å²) in [7, 11) is 0. The summed E-state index contributed by atoms with van der Waals surface area (Å²) in [5.74, 6) is 0. The normalized spacial score (nSPS) is 12.0. The standard InChI is InChI=1S/C46H90N2O6/c1-3-5-7-9-11-13-15-17-19-21-23-25-27-29-31-33-40-52-43-45(47-46(51)54-42-37-48(35-38-49)36-39-50)44-53-41-34-32-30-28-26-24-22-20-18-16-14-12-10-8-6-4-2/h17-20,45,49-50H,3-16,21-44H2,1-2H3,(H,47,51)/b19-17-,20-18-. The summed E-state index contributed by atoms with van der Waals surface area (Å²) in [4.78, 5) is 14.4. The number of alkyl carbamates (subject to hydrolysis) is 1. The van der Waals surface area contributed by atoms with Gasteiger partial charge in [0.05, 0.1) is 32.5 Å². The lowest BCUT2D eigenvalue weighted by molar-refractivity contribution is 0.0476. The van der Waals surface area contributed by atoms with Crippen molar-refractivity contribution >= 4 is 6.09 Å². The van der Waals surface area contributed by atoms with E-state index in [1.165, 1.54) is 167 Å². The van der Waals surface area contributed by atoms with Crippen LogP contribution in [0.25, 0.3) is 0 Å². The zero-order valence-corrected chi connectivity index (χ0v) is 35.7. The van der Waals surface area contributed by atoms with Crippen LogP contribution in [0.15, 0.2) is 24.3 Å². The molecular weight excluding hydrogens is 677 g/mol. The number of ether oxygens (including phenoxy) is 3. The Morgan fingerprint density at radius 3 is 1.22 bits per heavy atom. The van der Waals surface area contributed by atoms with Gasteiger partial charge in [0, 0.05) is 32.8 Å². The molecule has 3 N–H and O–H groups in total. The van der Waals surface area contributed by atoms with Crippen LogP contribution in [-0.2, 0) is 14.2 Å². The van der Waals surface area contributed by atoms with Crippen LogP contribution in [0.3, 0.4) is 0 Å². The highest BCUT2D eigenvalue weighted by Gasteiger charge is 2.15. The third-order valence-corrected chi connectivity index (χ3v) is 10.0. The number of allylic oxidation sites excluding steroid dienone is 4. The first kappa shape index (κ1) is 52.6. The number of unbranched alkanes of at least 4 members (excludes halogenated alkanes) is 24. The minimum absolute atomic E-state index is 0.00303. The first-order valence-electron chi connectivity index (χ1n) is 23.0. The molecule has 0 atom stereocenters. The highest BCUT2D eigenvalue weighted by molar-refractivity contribution is 5.67. The van der Waals surface area contributed by atoms with Crippen molar-refractivity contribution in [3.05, 3.63) is 24.3 Å². The number of aliphatic hydroxyl groups is 2. The van der Waals surface area contributed by atoms with Crippen LogP contribution in [0.1, 0.15) is 194 Å². The van der Waals surface area contributed by atoms with Crippen molar-refractivity contribution in [2.75, 3.05) is 65.9 Å². The van der Waals surface area contributed by atoms with Crippen molar-refractivity contribution < 1.29 is 29.2 Å². The maximum Gasteiger partial charge on any atom is 0.407 e. The molecule has 0 aromatic heterocycles. The molecule has 0 aliphatic heterocycles. The fourth-order valence-corrected chi connectivity index (χ4v) is 6.58. The molecule has 0 radical (unpaired) electrons. The largest absolute Gasteiger partial charge is 0.448 e. The molecule has 0 unspecified atom stereocenters. The average Bonchev–Trinajstić information content (AvgIpc) is 3.17. The molecule has 0 rings (SSSR count). The molecule has 54 heavy (non-hydrogen) atoms. The van der Waals surface area contributed by atoms with Gasteiger partial charge < -0.3 is 29.7 Å². The lowest BCUT2D eigenvalue weighted by Crippen LogP contribution is -2.43. The molecule has 0 saturated heterocycles. The Kier molecular flexibility index (Phi) is 44.7. The Balaban J connectivity index is 4.12. The van der Waals surface area contributed by atoms with E-state index in [4.69, 9.17) is 14.2 Å². The van der Waals surface area contributed by atoms with Crippen molar-refractivity contribution in [1.82, 2.24) is 10.2 Å². The van der Waals surface area contributed by atoms with Crippen LogP contribution in [0, 0.1) is 0 Å². The van der Waals surface area contributed by atoms with E-state index in [0.29, 0.717) is 46.1 Å². The van der Waals surface area contributed by atoms with Gasteiger partial charge in [-0.05, 0) is 64.2 Å². The van der Waals surface area contributed by atoms with Crippen LogP contribution in [0.4, 0.5) is 4.79 Å². The van der Waals surface area contributed by atoms with E-state index in [1.54, 1.807) is 0 Å². The van der Waals surface area contributed by atoms with Crippen molar-refractivity contribution in [2.24, 2.45) is 0 Å². The van der Waals surface area contributed by atoms with Crippen molar-refractivity contribution in [2.45, 2.75) is 200 Å². The summed E-state index contributed by atoms with van der Waals surface area (Å²) < 4.78 is 17.4. The summed E-state index contributed by atoms with van der Waals surface area (Å²) in [6.07, 6.45) is 44.9. The van der Waals surface area contributed by atoms with Crippen molar-refractivity contribution in [3.63, 3.8) is 0 Å². The number of nitrogens with one attached hydrogen (secondary N) is 1. The third-order valence-electron chi connectivity index (χ3n) is 10.0. The minimum Gasteiger partial charge on any atom is -0.448 e. The molecule has 1 amide bonds. The predicted octanol–water partition coefficient (Wildman–Crippen LogP) is 11.5. The maximum atomic E-state index is 12.6. The zero-order valence-electron chi connectivity index (χ0n) is 35.7. The number of rotatable bonds is 44. The van der Waals surface area contributed by atoms with Gasteiger partial charge in [0.1, 0.15) is 6.61 Å². The van der Waals surface area contributed by atoms with Gasteiger partial charge in [-0.1, -0.05) is 154 Å². The van der Waals surface area contributed by atoms with Gasteiger partial charge in [0.15, 0.2) is 0 Å². The Morgan fingerprint density at radius 2 is 0.852 bits per heavy atom. The van der Waals surface area contributed by atoms with E-state index in [1.807, 2.05) is 4.90 Å². The SMILES string of the molecule is CCCCCCCC/C=C\CCCCCCCCOCC(COCCCCCCCC/C=C\CCCCCCCC)NC(=O)OCCN(CCO)CCO. The second-order valence-electron chi connectivity index (χ2n) is 15.3. The summed E-state index contributed by atoms with van der Waals surface area (Å²) in [5.41, 5.74) is 0. The molecule has 0 fully saturated rings. The van der Waals surface area contributed by atoms with E-state index in [9.17, 15) is 15.0 Å². The maximum absolute atomic E-state index is 12.6. The van der Waals surface area contributed by atoms with E-state index < -0.39 is 6.09 Å². The second kappa shape index (κ2) is 45.9. The van der Waals surface area contributed by atoms with Gasteiger partial charge >= 0.3 is 6.09 Å². The van der Waals surface area contributed by atoms with E-state index in [0.717, 1.165) is 12.8 Å². The molecule has 0 spiro atoms. The van der Waals surface area contributed by atoms with Crippen molar-refractivity contribution in [1.29, 1.82) is 0 Å². The lowest BCUT2D eigenvalue weighted by Gasteiger charge is -2.21. The third kappa shape index (κ3) is 41.7. The quantitative estimate of drug-likeness (QED) is 0.0419. The molecule has 320 valence electrons. The number of carbonyl (C=O) groups excluding carboxylic acids is 1. The molecule has 0 saturated carbocycles. The average molecular weight is 767 g/mol. The number of aliphatic hydroxyl groups excluding tert-OH is 2. The summed E-state index contributed by atoms with van der Waals surface area (Å²) in [6.45, 7) is 8.21. The van der Waals surface area contributed by atoms with E-state index >= 15 is 0 Å². The summed E-state index contributed by atoms with van der Waals surface area (Å²) in [6, 6.07) is -0.272. The van der Waals surface area contributed by atoms with Gasteiger partial charge in [-0.15, -0.1) is 0 Å².